The Balaban J connectivity index is 1.84. The van der Waals surface area contributed by atoms with Gasteiger partial charge in [-0.25, -0.2) is 4.98 Å². The number of rotatable bonds is 17. The molecule has 1 aromatic heterocycles. The lowest BCUT2D eigenvalue weighted by atomic mass is 9.91. The van der Waals surface area contributed by atoms with E-state index in [4.69, 9.17) is 4.74 Å². The normalized spacial score (nSPS) is 14.0. The Morgan fingerprint density at radius 1 is 0.911 bits per heavy atom. The van der Waals surface area contributed by atoms with E-state index in [1.807, 2.05) is 70.2 Å². The number of H-pyrrole nitrogens is 1. The maximum atomic E-state index is 13.8. The molecule has 2 unspecified atom stereocenters. The molecule has 0 aliphatic heterocycles. The number of nitrogens with one attached hydrogen (secondary N) is 4. The zero-order valence-corrected chi connectivity index (χ0v) is 26.8. The van der Waals surface area contributed by atoms with Gasteiger partial charge in [-0.15, -0.1) is 0 Å². The summed E-state index contributed by atoms with van der Waals surface area (Å²) in [7, 11) is 1.27. The first-order chi connectivity index (χ1) is 21.5. The number of ether oxygens (including phenoxy) is 1. The van der Waals surface area contributed by atoms with E-state index in [1.165, 1.54) is 13.4 Å². The van der Waals surface area contributed by atoms with Gasteiger partial charge in [-0.05, 0) is 47.4 Å². The zero-order chi connectivity index (χ0) is 32.9. The molecule has 2 aromatic carbocycles. The van der Waals surface area contributed by atoms with Crippen LogP contribution in [0.5, 0.6) is 0 Å². The molecule has 0 radical (unpaired) electrons. The van der Waals surface area contributed by atoms with Crippen molar-refractivity contribution in [3.05, 3.63) is 66.2 Å². The van der Waals surface area contributed by atoms with E-state index in [-0.39, 0.29) is 25.2 Å². The number of amides is 3. The topological polar surface area (TPSA) is 163 Å². The Labute approximate surface area is 264 Å². The number of aromatic amines is 1. The van der Waals surface area contributed by atoms with Gasteiger partial charge in [-0.1, -0.05) is 70.2 Å². The number of carbonyl (C=O) groups is 4. The minimum absolute atomic E-state index is 0.0548. The summed E-state index contributed by atoms with van der Waals surface area (Å²) < 4.78 is 4.90. The fraction of sp³-hybridized carbons (Fsp3) is 0.500. The monoisotopic (exact) mass is 621 g/mol. The van der Waals surface area contributed by atoms with Crippen molar-refractivity contribution < 1.29 is 29.0 Å². The lowest BCUT2D eigenvalue weighted by molar-refractivity contribution is -0.144. The predicted octanol–water partition coefficient (Wildman–Crippen LogP) is 3.07. The zero-order valence-electron chi connectivity index (χ0n) is 26.8. The first-order valence-electron chi connectivity index (χ1n) is 15.6. The van der Waals surface area contributed by atoms with Gasteiger partial charge in [0.2, 0.25) is 11.8 Å². The van der Waals surface area contributed by atoms with Crippen LogP contribution in [-0.4, -0.2) is 70.6 Å². The number of aromatic nitrogens is 2. The number of benzene rings is 2. The molecule has 0 saturated heterocycles. The first-order valence-corrected chi connectivity index (χ1v) is 15.6. The van der Waals surface area contributed by atoms with E-state index in [0.29, 0.717) is 24.6 Å². The van der Waals surface area contributed by atoms with Crippen molar-refractivity contribution in [1.29, 1.82) is 0 Å². The van der Waals surface area contributed by atoms with Crippen molar-refractivity contribution in [2.45, 2.75) is 78.0 Å². The molecule has 0 fully saturated rings. The number of fused-ring (bicyclic) bond motifs is 1. The van der Waals surface area contributed by atoms with Gasteiger partial charge in [0.05, 0.1) is 31.8 Å². The molecular formula is C34H47N5O6. The molecule has 11 nitrogen and oxygen atoms in total. The number of hydrogen-bond acceptors (Lipinski definition) is 7. The minimum atomic E-state index is -1.48. The fourth-order valence-corrected chi connectivity index (χ4v) is 5.22. The molecule has 3 aromatic rings. The number of aliphatic hydroxyl groups excluding tert-OH is 1. The van der Waals surface area contributed by atoms with Crippen LogP contribution in [0.1, 0.15) is 58.2 Å². The lowest BCUT2D eigenvalue weighted by Crippen LogP contribution is -2.57. The van der Waals surface area contributed by atoms with Gasteiger partial charge < -0.3 is 30.8 Å². The quantitative estimate of drug-likeness (QED) is 0.145. The number of nitrogens with zero attached hydrogens (tertiary/aromatic N) is 1. The lowest BCUT2D eigenvalue weighted by Gasteiger charge is -2.28. The van der Waals surface area contributed by atoms with Crippen LogP contribution in [-0.2, 0) is 36.8 Å². The van der Waals surface area contributed by atoms with Crippen molar-refractivity contribution in [3.63, 3.8) is 0 Å². The summed E-state index contributed by atoms with van der Waals surface area (Å²) in [6.07, 6.45) is 2.76. The number of methoxy groups -OCH3 is 1. The number of carbonyl (C=O) groups excluding carboxylic acids is 4. The molecule has 244 valence electrons. The summed E-state index contributed by atoms with van der Waals surface area (Å²) in [5.74, 6) is -2.58. The molecule has 5 N–H and O–H groups in total. The van der Waals surface area contributed by atoms with Crippen molar-refractivity contribution in [2.75, 3.05) is 13.7 Å². The summed E-state index contributed by atoms with van der Waals surface area (Å²) in [5.41, 5.74) is 1.48. The maximum absolute atomic E-state index is 13.8. The second kappa shape index (κ2) is 17.3. The molecular weight excluding hydrogens is 574 g/mol. The van der Waals surface area contributed by atoms with E-state index in [0.717, 1.165) is 22.8 Å². The van der Waals surface area contributed by atoms with Crippen LogP contribution in [0, 0.1) is 17.8 Å². The second-order valence-electron chi connectivity index (χ2n) is 12.3. The largest absolute Gasteiger partial charge is 0.469 e. The van der Waals surface area contributed by atoms with Crippen LogP contribution in [0.2, 0.25) is 0 Å². The molecule has 0 aliphatic rings. The van der Waals surface area contributed by atoms with E-state index in [2.05, 4.69) is 25.9 Å². The Kier molecular flexibility index (Phi) is 13.5. The highest BCUT2D eigenvalue weighted by atomic mass is 16.5. The van der Waals surface area contributed by atoms with Gasteiger partial charge in [0, 0.05) is 24.9 Å². The smallest absolute Gasteiger partial charge is 0.306 e. The maximum Gasteiger partial charge on any atom is 0.306 e. The molecule has 0 spiro atoms. The molecule has 4 atom stereocenters. The molecule has 1 heterocycles. The Morgan fingerprint density at radius 3 is 2.31 bits per heavy atom. The molecule has 11 heteroatoms. The van der Waals surface area contributed by atoms with Crippen molar-refractivity contribution in [1.82, 2.24) is 25.9 Å². The Bertz CT molecular complexity index is 1400. The summed E-state index contributed by atoms with van der Waals surface area (Å²) in [6, 6.07) is 11.6. The third kappa shape index (κ3) is 11.0. The number of aliphatic hydroxyl groups is 1. The molecule has 0 bridgehead atoms. The number of hydrogen-bond donors (Lipinski definition) is 5. The van der Waals surface area contributed by atoms with Gasteiger partial charge in [0.1, 0.15) is 6.04 Å². The minimum Gasteiger partial charge on any atom is -0.469 e. The van der Waals surface area contributed by atoms with Crippen LogP contribution in [0.15, 0.2) is 55.0 Å². The van der Waals surface area contributed by atoms with Gasteiger partial charge >= 0.3 is 5.97 Å². The van der Waals surface area contributed by atoms with E-state index in [1.54, 1.807) is 6.20 Å². The van der Waals surface area contributed by atoms with Crippen LogP contribution in [0.4, 0.5) is 0 Å². The molecule has 3 rings (SSSR count). The summed E-state index contributed by atoms with van der Waals surface area (Å²) >= 11 is 0. The van der Waals surface area contributed by atoms with Crippen molar-refractivity contribution in [2.24, 2.45) is 17.8 Å². The van der Waals surface area contributed by atoms with Crippen molar-refractivity contribution >= 4 is 34.5 Å². The molecule has 45 heavy (non-hydrogen) atoms. The average Bonchev–Trinajstić information content (AvgIpc) is 3.52. The number of imidazole rings is 1. The third-order valence-corrected chi connectivity index (χ3v) is 7.69. The first kappa shape index (κ1) is 35.2. The highest BCUT2D eigenvalue weighted by Crippen LogP contribution is 2.23. The van der Waals surface area contributed by atoms with Gasteiger partial charge in [0.15, 0.2) is 6.10 Å². The predicted molar refractivity (Wildman–Crippen MR) is 172 cm³/mol. The SMILES string of the molecule is COC(=O)CC(Cc1cccc2ccccc12)C(=O)N[C@@H](Cc1cnc[nH]1)C(=O)N[C@@H](CC(C)C)C(O)C(=O)NCCC(C)C. The average molecular weight is 622 g/mol. The number of esters is 1. The van der Waals surface area contributed by atoms with Crippen LogP contribution >= 0.6 is 0 Å². The standard InChI is InChI=1S/C34H47N5O6/c1-21(2)13-14-36-34(44)31(41)28(15-22(3)4)38-33(43)29(18-26-19-35-20-37-26)39-32(42)25(17-30(40)45-5)16-24-11-8-10-23-9-6-7-12-27(23)24/h6-12,19-22,25,28-29,31,41H,13-18H2,1-5H3,(H,35,37)(H,36,44)(H,38,43)(H,39,42)/t25?,28-,29-,31?/m0/s1. The second-order valence-corrected chi connectivity index (χ2v) is 12.3. The summed E-state index contributed by atoms with van der Waals surface area (Å²) in [5, 5.41) is 21.3. The molecule has 0 aliphatic carbocycles. The fourth-order valence-electron chi connectivity index (χ4n) is 5.22. The van der Waals surface area contributed by atoms with Gasteiger partial charge in [0.25, 0.3) is 5.91 Å². The highest BCUT2D eigenvalue weighted by Gasteiger charge is 2.33. The summed E-state index contributed by atoms with van der Waals surface area (Å²) in [6.45, 7) is 8.34. The summed E-state index contributed by atoms with van der Waals surface area (Å²) in [4.78, 5) is 59.7. The molecule has 3 amide bonds. The molecule has 0 saturated carbocycles. The Morgan fingerprint density at radius 2 is 1.64 bits per heavy atom. The highest BCUT2D eigenvalue weighted by molar-refractivity contribution is 5.92. The van der Waals surface area contributed by atoms with Crippen LogP contribution in [0.3, 0.4) is 0 Å². The Hall–Kier alpha value is -4.25. The third-order valence-electron chi connectivity index (χ3n) is 7.69. The van der Waals surface area contributed by atoms with Gasteiger partial charge in [-0.3, -0.25) is 19.2 Å². The van der Waals surface area contributed by atoms with Gasteiger partial charge in [-0.2, -0.15) is 0 Å². The van der Waals surface area contributed by atoms with E-state index < -0.39 is 47.8 Å². The van der Waals surface area contributed by atoms with Crippen LogP contribution in [0.25, 0.3) is 10.8 Å². The van der Waals surface area contributed by atoms with E-state index in [9.17, 15) is 24.3 Å². The van der Waals surface area contributed by atoms with Crippen LogP contribution < -0.4 is 16.0 Å². The van der Waals surface area contributed by atoms with E-state index >= 15 is 0 Å². The van der Waals surface area contributed by atoms with Crippen molar-refractivity contribution in [3.8, 4) is 0 Å².